The number of rotatable bonds is 4. The first-order valence-electron chi connectivity index (χ1n) is 8.82. The lowest BCUT2D eigenvalue weighted by molar-refractivity contribution is 0.0423. The molecule has 0 unspecified atom stereocenters. The second-order valence-electron chi connectivity index (χ2n) is 7.75. The van der Waals surface area contributed by atoms with Gasteiger partial charge < -0.3 is 19.8 Å². The number of anilines is 1. The van der Waals surface area contributed by atoms with Crippen LogP contribution in [0.4, 0.5) is 5.82 Å². The number of amides is 1. The van der Waals surface area contributed by atoms with Gasteiger partial charge in [0, 0.05) is 24.3 Å². The molecule has 3 heterocycles. The minimum atomic E-state index is -0.267. The lowest BCUT2D eigenvalue weighted by Crippen LogP contribution is -2.49. The molecule has 1 saturated carbocycles. The first-order chi connectivity index (χ1) is 11.9. The molecule has 2 fully saturated rings. The summed E-state index contributed by atoms with van der Waals surface area (Å²) in [5.74, 6) is 1.09. The molecule has 7 heteroatoms. The van der Waals surface area contributed by atoms with E-state index in [1.807, 2.05) is 0 Å². The van der Waals surface area contributed by atoms with Crippen LogP contribution in [0, 0.1) is 6.92 Å². The molecular weight excluding hydrogens is 320 g/mol. The van der Waals surface area contributed by atoms with Gasteiger partial charge in [0.25, 0.3) is 5.91 Å². The molecule has 25 heavy (non-hydrogen) atoms. The largest absolute Gasteiger partial charge is 0.442 e. The van der Waals surface area contributed by atoms with E-state index >= 15 is 0 Å². The van der Waals surface area contributed by atoms with Crippen molar-refractivity contribution in [1.82, 2.24) is 15.3 Å². The number of hydrogen-bond acceptors (Lipinski definition) is 6. The van der Waals surface area contributed by atoms with Crippen molar-refractivity contribution in [3.8, 4) is 0 Å². The third-order valence-corrected chi connectivity index (χ3v) is 5.32. The Balaban J connectivity index is 1.70. The normalized spacial score (nSPS) is 21.1. The van der Waals surface area contributed by atoms with Crippen LogP contribution in [-0.4, -0.2) is 40.2 Å². The van der Waals surface area contributed by atoms with E-state index in [4.69, 9.17) is 9.15 Å². The van der Waals surface area contributed by atoms with Gasteiger partial charge in [-0.15, -0.1) is 0 Å². The molecule has 1 amide bonds. The number of carbonyl (C=O) groups is 1. The van der Waals surface area contributed by atoms with Gasteiger partial charge in [0.1, 0.15) is 17.9 Å². The summed E-state index contributed by atoms with van der Waals surface area (Å²) in [6.07, 6.45) is 5.26. The van der Waals surface area contributed by atoms with Crippen LogP contribution in [0.5, 0.6) is 0 Å². The molecule has 2 aliphatic rings. The molecule has 4 rings (SSSR count). The minimum absolute atomic E-state index is 0.0485. The minimum Gasteiger partial charge on any atom is -0.442 e. The Kier molecular flexibility index (Phi) is 3.72. The highest BCUT2D eigenvalue weighted by Crippen LogP contribution is 2.40. The van der Waals surface area contributed by atoms with E-state index in [1.54, 1.807) is 6.92 Å². The molecular formula is C18H24N4O3. The summed E-state index contributed by atoms with van der Waals surface area (Å²) in [4.78, 5) is 21.6. The third-order valence-electron chi connectivity index (χ3n) is 5.32. The molecule has 1 saturated heterocycles. The molecule has 2 aromatic heterocycles. The maximum Gasteiger partial charge on any atom is 0.256 e. The Morgan fingerprint density at radius 3 is 2.52 bits per heavy atom. The maximum absolute atomic E-state index is 13.1. The molecule has 0 aromatic carbocycles. The van der Waals surface area contributed by atoms with Crippen LogP contribution in [0.2, 0.25) is 0 Å². The topological polar surface area (TPSA) is 89.3 Å². The monoisotopic (exact) mass is 344 g/mol. The molecule has 0 bridgehead atoms. The predicted octanol–water partition coefficient (Wildman–Crippen LogP) is 2.79. The van der Waals surface area contributed by atoms with E-state index in [0.29, 0.717) is 41.5 Å². The first kappa shape index (κ1) is 16.3. The van der Waals surface area contributed by atoms with Crippen LogP contribution in [-0.2, 0) is 4.74 Å². The Bertz CT molecular complexity index is 819. The summed E-state index contributed by atoms with van der Waals surface area (Å²) in [7, 11) is 0. The number of nitrogens with one attached hydrogen (secondary N) is 2. The molecule has 0 atom stereocenters. The van der Waals surface area contributed by atoms with Crippen LogP contribution >= 0.6 is 0 Å². The zero-order valence-electron chi connectivity index (χ0n) is 14.9. The number of fused-ring (bicyclic) bond motifs is 1. The lowest BCUT2D eigenvalue weighted by atomic mass is 9.92. The van der Waals surface area contributed by atoms with E-state index in [9.17, 15) is 4.79 Å². The van der Waals surface area contributed by atoms with Crippen LogP contribution in [0.15, 0.2) is 10.7 Å². The summed E-state index contributed by atoms with van der Waals surface area (Å²) < 4.78 is 11.2. The van der Waals surface area contributed by atoms with Crippen molar-refractivity contribution in [3.05, 3.63) is 17.7 Å². The highest BCUT2D eigenvalue weighted by Gasteiger charge is 2.39. The van der Waals surface area contributed by atoms with E-state index in [1.165, 1.54) is 6.33 Å². The smallest absolute Gasteiger partial charge is 0.256 e. The van der Waals surface area contributed by atoms with Gasteiger partial charge in [-0.2, -0.15) is 0 Å². The van der Waals surface area contributed by atoms with Gasteiger partial charge in [-0.25, -0.2) is 9.97 Å². The molecule has 0 radical (unpaired) electrons. The first-order valence-corrected chi connectivity index (χ1v) is 8.82. The van der Waals surface area contributed by atoms with Crippen LogP contribution < -0.4 is 10.6 Å². The van der Waals surface area contributed by atoms with E-state index in [2.05, 4.69) is 34.4 Å². The summed E-state index contributed by atoms with van der Waals surface area (Å²) >= 11 is 0. The van der Waals surface area contributed by atoms with Gasteiger partial charge in [0.15, 0.2) is 0 Å². The molecule has 2 N–H and O–H groups in total. The zero-order chi connectivity index (χ0) is 17.7. The van der Waals surface area contributed by atoms with Gasteiger partial charge in [-0.3, -0.25) is 4.79 Å². The van der Waals surface area contributed by atoms with Crippen molar-refractivity contribution < 1.29 is 13.9 Å². The van der Waals surface area contributed by atoms with E-state index < -0.39 is 0 Å². The van der Waals surface area contributed by atoms with Crippen molar-refractivity contribution in [1.29, 1.82) is 0 Å². The lowest BCUT2D eigenvalue weighted by Gasteiger charge is -2.34. The fourth-order valence-corrected chi connectivity index (χ4v) is 3.29. The van der Waals surface area contributed by atoms with Crippen LogP contribution in [0.25, 0.3) is 11.1 Å². The number of hydrogen-bond donors (Lipinski definition) is 2. The van der Waals surface area contributed by atoms with Gasteiger partial charge in [0.05, 0.1) is 10.9 Å². The van der Waals surface area contributed by atoms with Crippen molar-refractivity contribution in [3.63, 3.8) is 0 Å². The average molecular weight is 344 g/mol. The summed E-state index contributed by atoms with van der Waals surface area (Å²) in [5, 5.41) is 7.29. The number of nitrogens with zero attached hydrogens (tertiary/aromatic N) is 2. The molecule has 0 spiro atoms. The van der Waals surface area contributed by atoms with Gasteiger partial charge in [-0.05, 0) is 46.5 Å². The second kappa shape index (κ2) is 5.69. The maximum atomic E-state index is 13.1. The zero-order valence-corrected chi connectivity index (χ0v) is 14.9. The highest BCUT2D eigenvalue weighted by molar-refractivity contribution is 6.10. The second-order valence-corrected chi connectivity index (χ2v) is 7.75. The standard InChI is InChI=1S/C18H24N4O3/c1-11-12(15(23)22-18(3)6-8-24-9-7-18)13-14(21-17(2)4-5-17)19-10-20-16(13)25-11/h10H,4-9H2,1-3H3,(H,22,23)(H,19,20,21). The Hall–Kier alpha value is -2.15. The van der Waals surface area contributed by atoms with Gasteiger partial charge >= 0.3 is 0 Å². The van der Waals surface area contributed by atoms with Crippen LogP contribution in [0.3, 0.4) is 0 Å². The molecule has 134 valence electrons. The van der Waals surface area contributed by atoms with E-state index in [0.717, 1.165) is 25.7 Å². The molecule has 1 aliphatic heterocycles. The molecule has 1 aliphatic carbocycles. The van der Waals surface area contributed by atoms with Crippen molar-refractivity contribution >= 4 is 22.8 Å². The molecule has 2 aromatic rings. The fraction of sp³-hybridized carbons (Fsp3) is 0.611. The van der Waals surface area contributed by atoms with Crippen molar-refractivity contribution in [2.45, 2.75) is 57.5 Å². The Morgan fingerprint density at radius 2 is 1.84 bits per heavy atom. The number of aryl methyl sites for hydroxylation is 1. The van der Waals surface area contributed by atoms with E-state index in [-0.39, 0.29) is 17.0 Å². The van der Waals surface area contributed by atoms with Gasteiger partial charge in [0.2, 0.25) is 5.71 Å². The number of furan rings is 1. The predicted molar refractivity (Wildman–Crippen MR) is 93.7 cm³/mol. The SMILES string of the molecule is Cc1oc2ncnc(NC3(C)CC3)c2c1C(=O)NC1(C)CCOCC1. The van der Waals surface area contributed by atoms with Gasteiger partial charge in [-0.1, -0.05) is 0 Å². The number of carbonyl (C=O) groups excluding carboxylic acids is 1. The summed E-state index contributed by atoms with van der Waals surface area (Å²) in [6, 6.07) is 0. The Labute approximate surface area is 146 Å². The Morgan fingerprint density at radius 1 is 1.12 bits per heavy atom. The van der Waals surface area contributed by atoms with Crippen molar-refractivity contribution in [2.24, 2.45) is 0 Å². The van der Waals surface area contributed by atoms with Crippen LogP contribution in [0.1, 0.15) is 55.6 Å². The van der Waals surface area contributed by atoms with Crippen molar-refractivity contribution in [2.75, 3.05) is 18.5 Å². The highest BCUT2D eigenvalue weighted by atomic mass is 16.5. The third kappa shape index (κ3) is 3.08. The number of aromatic nitrogens is 2. The number of ether oxygens (including phenoxy) is 1. The quantitative estimate of drug-likeness (QED) is 0.886. The fourth-order valence-electron chi connectivity index (χ4n) is 3.29. The molecule has 7 nitrogen and oxygen atoms in total. The average Bonchev–Trinajstić information content (AvgIpc) is 3.16. The summed E-state index contributed by atoms with van der Waals surface area (Å²) in [6.45, 7) is 7.33. The summed E-state index contributed by atoms with van der Waals surface area (Å²) in [5.41, 5.74) is 0.751.